The largest absolute Gasteiger partial charge is 0.507 e. The van der Waals surface area contributed by atoms with Crippen molar-refractivity contribution in [3.8, 4) is 11.5 Å². The molecule has 1 rings (SSSR count). The molecule has 1 atom stereocenters. The molecular weight excluding hydrogens is 244 g/mol. The third-order valence-electron chi connectivity index (χ3n) is 2.30. The molecule has 7 heteroatoms. The number of aliphatic hydroxyl groups is 1. The van der Waals surface area contributed by atoms with E-state index in [2.05, 4.69) is 4.74 Å². The number of esters is 1. The highest BCUT2D eigenvalue weighted by Crippen LogP contribution is 2.32. The van der Waals surface area contributed by atoms with Crippen molar-refractivity contribution in [3.63, 3.8) is 0 Å². The normalized spacial score (nSPS) is 11.7. The van der Waals surface area contributed by atoms with Crippen LogP contribution >= 0.6 is 0 Å². The van der Waals surface area contributed by atoms with Crippen LogP contribution in [-0.2, 0) is 9.53 Å². The van der Waals surface area contributed by atoms with Gasteiger partial charge in [-0.05, 0) is 6.07 Å². The average molecular weight is 256 g/mol. The second-order valence-corrected chi connectivity index (χ2v) is 3.34. The monoisotopic (exact) mass is 256 g/mol. The number of hydrogen-bond acceptors (Lipinski definition) is 6. The molecule has 1 aromatic carbocycles. The van der Waals surface area contributed by atoms with Crippen LogP contribution in [0.2, 0.25) is 0 Å². The Morgan fingerprint density at radius 3 is 2.33 bits per heavy atom. The minimum Gasteiger partial charge on any atom is -0.507 e. The number of aromatic carboxylic acids is 1. The van der Waals surface area contributed by atoms with Gasteiger partial charge in [0.15, 0.2) is 6.10 Å². The van der Waals surface area contributed by atoms with E-state index in [1.807, 2.05) is 0 Å². The standard InChI is InChI=1S/C11H12O7/c1-17-8-4-7(12)5(10(14)15)3-6(8)9(13)11(16)18-2/h3-4,9,12-13H,1-2H3,(H,14,15). The Morgan fingerprint density at radius 2 is 1.89 bits per heavy atom. The molecule has 7 nitrogen and oxygen atoms in total. The van der Waals surface area contributed by atoms with E-state index in [-0.39, 0.29) is 11.3 Å². The van der Waals surface area contributed by atoms with E-state index in [1.165, 1.54) is 7.11 Å². The Bertz CT molecular complexity index is 481. The molecule has 0 saturated carbocycles. The summed E-state index contributed by atoms with van der Waals surface area (Å²) in [6.07, 6.45) is -1.69. The van der Waals surface area contributed by atoms with Crippen LogP contribution in [0.3, 0.4) is 0 Å². The fraction of sp³-hybridized carbons (Fsp3) is 0.273. The van der Waals surface area contributed by atoms with Crippen molar-refractivity contribution in [2.24, 2.45) is 0 Å². The number of phenols is 1. The third kappa shape index (κ3) is 2.51. The molecule has 0 heterocycles. The summed E-state index contributed by atoms with van der Waals surface area (Å²) >= 11 is 0. The first-order chi connectivity index (χ1) is 8.42. The number of ether oxygens (including phenoxy) is 2. The molecule has 0 aliphatic heterocycles. The molecule has 0 saturated heterocycles. The predicted octanol–water partition coefficient (Wildman–Crippen LogP) is 0.305. The fourth-order valence-corrected chi connectivity index (χ4v) is 1.39. The highest BCUT2D eigenvalue weighted by molar-refractivity contribution is 5.92. The third-order valence-corrected chi connectivity index (χ3v) is 2.30. The summed E-state index contributed by atoms with van der Waals surface area (Å²) in [5.41, 5.74) is -0.548. The lowest BCUT2D eigenvalue weighted by Crippen LogP contribution is -2.15. The van der Waals surface area contributed by atoms with Crippen LogP contribution in [0.15, 0.2) is 12.1 Å². The van der Waals surface area contributed by atoms with Crippen molar-refractivity contribution >= 4 is 11.9 Å². The van der Waals surface area contributed by atoms with E-state index in [9.17, 15) is 19.8 Å². The quantitative estimate of drug-likeness (QED) is 0.664. The first kappa shape index (κ1) is 13.8. The SMILES string of the molecule is COC(=O)C(O)c1cc(C(=O)O)c(O)cc1OC. The summed E-state index contributed by atoms with van der Waals surface area (Å²) in [7, 11) is 2.33. The number of carboxylic acid groups (broad SMARTS) is 1. The topological polar surface area (TPSA) is 113 Å². The maximum absolute atomic E-state index is 11.2. The van der Waals surface area contributed by atoms with Crippen molar-refractivity contribution in [3.05, 3.63) is 23.3 Å². The Morgan fingerprint density at radius 1 is 1.28 bits per heavy atom. The van der Waals surface area contributed by atoms with Crippen molar-refractivity contribution in [1.82, 2.24) is 0 Å². The summed E-state index contributed by atoms with van der Waals surface area (Å²) in [5, 5.41) is 27.9. The fourth-order valence-electron chi connectivity index (χ4n) is 1.39. The molecule has 0 amide bonds. The number of rotatable bonds is 4. The Hall–Kier alpha value is -2.28. The first-order valence-electron chi connectivity index (χ1n) is 4.82. The van der Waals surface area contributed by atoms with Gasteiger partial charge in [-0.25, -0.2) is 9.59 Å². The Labute approximate surface area is 102 Å². The van der Waals surface area contributed by atoms with E-state index >= 15 is 0 Å². The molecular formula is C11H12O7. The van der Waals surface area contributed by atoms with Crippen molar-refractivity contribution in [2.75, 3.05) is 14.2 Å². The Balaban J connectivity index is 3.36. The van der Waals surface area contributed by atoms with E-state index in [0.717, 1.165) is 19.2 Å². The van der Waals surface area contributed by atoms with Gasteiger partial charge >= 0.3 is 11.9 Å². The lowest BCUT2D eigenvalue weighted by atomic mass is 10.0. The van der Waals surface area contributed by atoms with Gasteiger partial charge in [-0.15, -0.1) is 0 Å². The number of carbonyl (C=O) groups excluding carboxylic acids is 1. The van der Waals surface area contributed by atoms with Gasteiger partial charge < -0.3 is 24.8 Å². The number of benzene rings is 1. The molecule has 98 valence electrons. The lowest BCUT2D eigenvalue weighted by molar-refractivity contribution is -0.150. The molecule has 0 radical (unpaired) electrons. The van der Waals surface area contributed by atoms with Gasteiger partial charge in [-0.2, -0.15) is 0 Å². The highest BCUT2D eigenvalue weighted by atomic mass is 16.5. The van der Waals surface area contributed by atoms with Crippen LogP contribution < -0.4 is 4.74 Å². The molecule has 0 fully saturated rings. The van der Waals surface area contributed by atoms with E-state index in [4.69, 9.17) is 9.84 Å². The lowest BCUT2D eigenvalue weighted by Gasteiger charge is -2.14. The van der Waals surface area contributed by atoms with E-state index in [1.54, 1.807) is 0 Å². The number of methoxy groups -OCH3 is 2. The number of hydrogen-bond donors (Lipinski definition) is 3. The molecule has 0 bridgehead atoms. The Kier molecular flexibility index (Phi) is 4.11. The summed E-state index contributed by atoms with van der Waals surface area (Å²) < 4.78 is 9.20. The van der Waals surface area contributed by atoms with Gasteiger partial charge in [0.05, 0.1) is 14.2 Å². The van der Waals surface area contributed by atoms with E-state index < -0.39 is 29.4 Å². The number of aliphatic hydroxyl groups excluding tert-OH is 1. The predicted molar refractivity (Wildman–Crippen MR) is 58.6 cm³/mol. The van der Waals surface area contributed by atoms with E-state index in [0.29, 0.717) is 0 Å². The summed E-state index contributed by atoms with van der Waals surface area (Å²) in [4.78, 5) is 22.0. The van der Waals surface area contributed by atoms with Crippen LogP contribution in [0, 0.1) is 0 Å². The average Bonchev–Trinajstić information content (AvgIpc) is 2.35. The number of carbonyl (C=O) groups is 2. The van der Waals surface area contributed by atoms with Gasteiger partial charge in [0.2, 0.25) is 0 Å². The minimum atomic E-state index is -1.69. The molecule has 18 heavy (non-hydrogen) atoms. The van der Waals surface area contributed by atoms with Gasteiger partial charge in [-0.1, -0.05) is 0 Å². The zero-order valence-corrected chi connectivity index (χ0v) is 9.71. The summed E-state index contributed by atoms with van der Waals surface area (Å²) in [6.45, 7) is 0. The van der Waals surface area contributed by atoms with Gasteiger partial charge in [0.25, 0.3) is 0 Å². The number of aromatic hydroxyl groups is 1. The minimum absolute atomic E-state index is 0.0181. The molecule has 1 aromatic rings. The molecule has 0 aromatic heterocycles. The van der Waals surface area contributed by atoms with Gasteiger partial charge in [0.1, 0.15) is 17.1 Å². The van der Waals surface area contributed by atoms with Gasteiger partial charge in [-0.3, -0.25) is 0 Å². The molecule has 0 aliphatic rings. The van der Waals surface area contributed by atoms with Gasteiger partial charge in [0, 0.05) is 11.6 Å². The van der Waals surface area contributed by atoms with Crippen molar-refractivity contribution < 1.29 is 34.4 Å². The maximum Gasteiger partial charge on any atom is 0.339 e. The molecule has 0 aliphatic carbocycles. The molecule has 3 N–H and O–H groups in total. The first-order valence-corrected chi connectivity index (χ1v) is 4.82. The zero-order valence-electron chi connectivity index (χ0n) is 9.71. The van der Waals surface area contributed by atoms with Crippen molar-refractivity contribution in [1.29, 1.82) is 0 Å². The van der Waals surface area contributed by atoms with Crippen LogP contribution in [-0.4, -0.2) is 41.5 Å². The van der Waals surface area contributed by atoms with Crippen LogP contribution in [0.25, 0.3) is 0 Å². The smallest absolute Gasteiger partial charge is 0.339 e. The number of carboxylic acids is 1. The maximum atomic E-state index is 11.2. The summed E-state index contributed by atoms with van der Waals surface area (Å²) in [6, 6.07) is 1.96. The highest BCUT2D eigenvalue weighted by Gasteiger charge is 2.25. The van der Waals surface area contributed by atoms with Crippen LogP contribution in [0.4, 0.5) is 0 Å². The second kappa shape index (κ2) is 5.37. The van der Waals surface area contributed by atoms with Crippen molar-refractivity contribution in [2.45, 2.75) is 6.10 Å². The zero-order chi connectivity index (χ0) is 13.9. The molecule has 1 unspecified atom stereocenters. The summed E-state index contributed by atoms with van der Waals surface area (Å²) in [5.74, 6) is -2.90. The second-order valence-electron chi connectivity index (χ2n) is 3.34. The van der Waals surface area contributed by atoms with Crippen LogP contribution in [0.1, 0.15) is 22.0 Å². The van der Waals surface area contributed by atoms with Crippen LogP contribution in [0.5, 0.6) is 11.5 Å². The molecule has 0 spiro atoms.